The van der Waals surface area contributed by atoms with E-state index in [0.717, 1.165) is 18.2 Å². The molecule has 0 saturated carbocycles. The molecule has 29 heavy (non-hydrogen) atoms. The lowest BCUT2D eigenvalue weighted by molar-refractivity contribution is -0.137. The molecule has 0 fully saturated rings. The number of nitrogens with zero attached hydrogens (tertiary/aromatic N) is 1. The Morgan fingerprint density at radius 3 is 2.55 bits per heavy atom. The molecule has 0 aliphatic heterocycles. The van der Waals surface area contributed by atoms with Crippen LogP contribution in [0.5, 0.6) is 0 Å². The SMILES string of the molecule is O=C(NCc1ncc[nH]1)c1ccccc1NS(=O)(=O)c1cccc(C(F)(F)F)c1. The number of hydrogen-bond donors (Lipinski definition) is 3. The van der Waals surface area contributed by atoms with E-state index in [1.54, 1.807) is 6.20 Å². The summed E-state index contributed by atoms with van der Waals surface area (Å²) in [6, 6.07) is 9.10. The van der Waals surface area contributed by atoms with Gasteiger partial charge in [-0.05, 0) is 30.3 Å². The summed E-state index contributed by atoms with van der Waals surface area (Å²) in [5.74, 6) is -0.0795. The third-order valence-corrected chi connectivity index (χ3v) is 5.22. The standard InChI is InChI=1S/C18H15F3N4O3S/c19-18(20,21)12-4-3-5-13(10-12)29(27,28)25-15-7-2-1-6-14(15)17(26)24-11-16-22-8-9-23-16/h1-10,25H,11H2,(H,22,23)(H,24,26). The number of rotatable bonds is 6. The first kappa shape index (κ1) is 20.4. The lowest BCUT2D eigenvalue weighted by atomic mass is 10.1. The maximum atomic E-state index is 12.9. The minimum Gasteiger partial charge on any atom is -0.347 e. The second-order valence-electron chi connectivity index (χ2n) is 5.90. The van der Waals surface area contributed by atoms with E-state index < -0.39 is 32.6 Å². The van der Waals surface area contributed by atoms with Crippen LogP contribution in [0.3, 0.4) is 0 Å². The number of aromatic nitrogens is 2. The number of para-hydroxylation sites is 1. The smallest absolute Gasteiger partial charge is 0.347 e. The first-order valence-corrected chi connectivity index (χ1v) is 9.71. The molecule has 3 rings (SSSR count). The van der Waals surface area contributed by atoms with Crippen molar-refractivity contribution in [1.29, 1.82) is 0 Å². The number of amides is 1. The van der Waals surface area contributed by atoms with E-state index in [1.807, 2.05) is 0 Å². The van der Waals surface area contributed by atoms with Crippen molar-refractivity contribution in [3.63, 3.8) is 0 Å². The average molecular weight is 424 g/mol. The van der Waals surface area contributed by atoms with Crippen molar-refractivity contribution in [1.82, 2.24) is 15.3 Å². The predicted molar refractivity (Wildman–Crippen MR) is 98.5 cm³/mol. The lowest BCUT2D eigenvalue weighted by Crippen LogP contribution is -2.25. The summed E-state index contributed by atoms with van der Waals surface area (Å²) in [7, 11) is -4.36. The Kier molecular flexibility index (Phi) is 5.59. The van der Waals surface area contributed by atoms with E-state index >= 15 is 0 Å². The van der Waals surface area contributed by atoms with Crippen LogP contribution in [0.25, 0.3) is 0 Å². The molecule has 0 aliphatic rings. The van der Waals surface area contributed by atoms with Crippen LogP contribution in [0.2, 0.25) is 0 Å². The predicted octanol–water partition coefficient (Wildman–Crippen LogP) is 3.16. The van der Waals surface area contributed by atoms with Crippen LogP contribution in [-0.4, -0.2) is 24.3 Å². The quantitative estimate of drug-likeness (QED) is 0.565. The van der Waals surface area contributed by atoms with Gasteiger partial charge in [-0.3, -0.25) is 9.52 Å². The van der Waals surface area contributed by atoms with Gasteiger partial charge in [0.15, 0.2) is 0 Å². The van der Waals surface area contributed by atoms with Crippen LogP contribution in [0.1, 0.15) is 21.7 Å². The molecule has 7 nitrogen and oxygen atoms in total. The number of benzene rings is 2. The maximum Gasteiger partial charge on any atom is 0.416 e. The summed E-state index contributed by atoms with van der Waals surface area (Å²) in [4.78, 5) is 18.6. The topological polar surface area (TPSA) is 104 Å². The fourth-order valence-corrected chi connectivity index (χ4v) is 3.59. The molecule has 0 atom stereocenters. The molecule has 11 heteroatoms. The highest BCUT2D eigenvalue weighted by Gasteiger charge is 2.31. The molecule has 0 unspecified atom stereocenters. The van der Waals surface area contributed by atoms with Crippen molar-refractivity contribution in [2.24, 2.45) is 0 Å². The minimum absolute atomic E-state index is 0.00890. The molecule has 2 aromatic carbocycles. The largest absolute Gasteiger partial charge is 0.416 e. The number of imidazole rings is 1. The molecular weight excluding hydrogens is 409 g/mol. The Morgan fingerprint density at radius 2 is 1.86 bits per heavy atom. The molecule has 3 N–H and O–H groups in total. The average Bonchev–Trinajstić information content (AvgIpc) is 3.19. The van der Waals surface area contributed by atoms with Crippen LogP contribution in [0.4, 0.5) is 18.9 Å². The zero-order chi connectivity index (χ0) is 21.1. The van der Waals surface area contributed by atoms with E-state index in [9.17, 15) is 26.4 Å². The Morgan fingerprint density at radius 1 is 1.10 bits per heavy atom. The van der Waals surface area contributed by atoms with E-state index in [0.29, 0.717) is 11.9 Å². The summed E-state index contributed by atoms with van der Waals surface area (Å²) in [6.45, 7) is 0.0839. The van der Waals surface area contributed by atoms with Gasteiger partial charge in [0, 0.05) is 12.4 Å². The van der Waals surface area contributed by atoms with Gasteiger partial charge in [-0.15, -0.1) is 0 Å². The summed E-state index contributed by atoms with van der Waals surface area (Å²) < 4.78 is 66.0. The number of halogens is 3. The number of carbonyl (C=O) groups excluding carboxylic acids is 1. The monoisotopic (exact) mass is 424 g/mol. The van der Waals surface area contributed by atoms with E-state index in [4.69, 9.17) is 0 Å². The van der Waals surface area contributed by atoms with Crippen molar-refractivity contribution in [3.8, 4) is 0 Å². The van der Waals surface area contributed by atoms with Crippen LogP contribution in [0, 0.1) is 0 Å². The molecule has 0 spiro atoms. The molecule has 0 saturated heterocycles. The summed E-state index contributed by atoms with van der Waals surface area (Å²) in [6.07, 6.45) is -1.59. The van der Waals surface area contributed by atoms with Crippen LogP contribution >= 0.6 is 0 Å². The van der Waals surface area contributed by atoms with E-state index in [2.05, 4.69) is 20.0 Å². The first-order valence-electron chi connectivity index (χ1n) is 8.22. The van der Waals surface area contributed by atoms with Crippen molar-refractivity contribution in [3.05, 3.63) is 77.9 Å². The molecular formula is C18H15F3N4O3S. The van der Waals surface area contributed by atoms with Gasteiger partial charge in [0.05, 0.1) is 28.3 Å². The third-order valence-electron chi connectivity index (χ3n) is 3.86. The highest BCUT2D eigenvalue weighted by molar-refractivity contribution is 7.92. The number of aromatic amines is 1. The van der Waals surface area contributed by atoms with Gasteiger partial charge in [-0.2, -0.15) is 13.2 Å². The zero-order valence-electron chi connectivity index (χ0n) is 14.7. The number of sulfonamides is 1. The van der Waals surface area contributed by atoms with Gasteiger partial charge in [-0.1, -0.05) is 18.2 Å². The second kappa shape index (κ2) is 7.95. The minimum atomic E-state index is -4.69. The number of anilines is 1. The highest BCUT2D eigenvalue weighted by atomic mass is 32.2. The highest BCUT2D eigenvalue weighted by Crippen LogP contribution is 2.31. The lowest BCUT2D eigenvalue weighted by Gasteiger charge is -2.14. The molecule has 3 aromatic rings. The number of hydrogen-bond acceptors (Lipinski definition) is 4. The maximum absolute atomic E-state index is 12.9. The van der Waals surface area contributed by atoms with Crippen molar-refractivity contribution in [2.75, 3.05) is 4.72 Å². The Hall–Kier alpha value is -3.34. The normalized spacial score (nSPS) is 11.8. The van der Waals surface area contributed by atoms with Crippen LogP contribution < -0.4 is 10.0 Å². The summed E-state index contributed by atoms with van der Waals surface area (Å²) in [5.41, 5.74) is -1.15. The van der Waals surface area contributed by atoms with Crippen molar-refractivity contribution < 1.29 is 26.4 Å². The Bertz CT molecular complexity index is 1110. The molecule has 1 heterocycles. The number of carbonyl (C=O) groups is 1. The second-order valence-corrected chi connectivity index (χ2v) is 7.58. The molecule has 0 bridgehead atoms. The van der Waals surface area contributed by atoms with E-state index in [1.165, 1.54) is 30.5 Å². The van der Waals surface area contributed by atoms with Gasteiger partial charge >= 0.3 is 6.18 Å². The molecule has 0 radical (unpaired) electrons. The number of nitrogens with one attached hydrogen (secondary N) is 3. The fraction of sp³-hybridized carbons (Fsp3) is 0.111. The van der Waals surface area contributed by atoms with Crippen molar-refractivity contribution >= 4 is 21.6 Å². The van der Waals surface area contributed by atoms with Crippen molar-refractivity contribution in [2.45, 2.75) is 17.6 Å². The molecule has 1 aromatic heterocycles. The number of alkyl halides is 3. The van der Waals surface area contributed by atoms with Gasteiger partial charge in [-0.25, -0.2) is 13.4 Å². The Balaban J connectivity index is 1.84. The van der Waals surface area contributed by atoms with E-state index in [-0.39, 0.29) is 17.8 Å². The summed E-state index contributed by atoms with van der Waals surface area (Å²) in [5, 5.41) is 2.58. The first-order chi connectivity index (χ1) is 13.7. The molecule has 152 valence electrons. The number of H-pyrrole nitrogens is 1. The Labute approximate surface area is 164 Å². The summed E-state index contributed by atoms with van der Waals surface area (Å²) >= 11 is 0. The van der Waals surface area contributed by atoms with Gasteiger partial charge in [0.2, 0.25) is 0 Å². The fourth-order valence-electron chi connectivity index (χ4n) is 2.47. The zero-order valence-corrected chi connectivity index (χ0v) is 15.5. The van der Waals surface area contributed by atoms with Gasteiger partial charge in [0.25, 0.3) is 15.9 Å². The molecule has 0 aliphatic carbocycles. The van der Waals surface area contributed by atoms with Gasteiger partial charge in [0.1, 0.15) is 5.82 Å². The van der Waals surface area contributed by atoms with Crippen LogP contribution in [-0.2, 0) is 22.7 Å². The van der Waals surface area contributed by atoms with Gasteiger partial charge < -0.3 is 10.3 Å². The van der Waals surface area contributed by atoms with Crippen LogP contribution in [0.15, 0.2) is 65.8 Å². The third kappa shape index (κ3) is 4.93. The molecule has 1 amide bonds.